The molecule has 0 aliphatic heterocycles. The third-order valence-electron chi connectivity index (χ3n) is 5.21. The van der Waals surface area contributed by atoms with Crippen LogP contribution in [0.2, 0.25) is 0 Å². The first-order valence-corrected chi connectivity index (χ1v) is 8.75. The second kappa shape index (κ2) is 4.96. The number of nitrogens with one attached hydrogen (secondary N) is 2. The van der Waals surface area contributed by atoms with E-state index in [0.29, 0.717) is 0 Å². The van der Waals surface area contributed by atoms with E-state index in [-0.39, 0.29) is 0 Å². The van der Waals surface area contributed by atoms with E-state index >= 15 is 0 Å². The maximum atomic E-state index is 4.74. The monoisotopic (exact) mass is 333 g/mol. The van der Waals surface area contributed by atoms with Gasteiger partial charge in [0.1, 0.15) is 0 Å². The Morgan fingerprint density at radius 3 is 2.12 bits per heavy atom. The molecule has 3 heteroatoms. The normalized spacial score (nSPS) is 11.8. The summed E-state index contributed by atoms with van der Waals surface area (Å²) in [4.78, 5) is 11.8. The number of aromatic nitrogens is 3. The molecule has 0 saturated carbocycles. The fourth-order valence-electron chi connectivity index (χ4n) is 3.98. The molecule has 3 heterocycles. The van der Waals surface area contributed by atoms with Gasteiger partial charge in [-0.1, -0.05) is 54.6 Å². The van der Waals surface area contributed by atoms with Crippen molar-refractivity contribution < 1.29 is 0 Å². The van der Waals surface area contributed by atoms with Gasteiger partial charge in [0.15, 0.2) is 0 Å². The van der Waals surface area contributed by atoms with Gasteiger partial charge in [-0.25, -0.2) is 0 Å². The van der Waals surface area contributed by atoms with Crippen LogP contribution in [0.3, 0.4) is 0 Å². The molecule has 0 fully saturated rings. The Labute approximate surface area is 149 Å². The highest BCUT2D eigenvalue weighted by atomic mass is 14.8. The smallest absolute Gasteiger partial charge is 0.0730 e. The molecule has 0 atom stereocenters. The van der Waals surface area contributed by atoms with E-state index in [1.165, 1.54) is 21.5 Å². The fraction of sp³-hybridized carbons (Fsp3) is 0. The van der Waals surface area contributed by atoms with Crippen LogP contribution in [-0.4, -0.2) is 15.0 Å². The lowest BCUT2D eigenvalue weighted by Crippen LogP contribution is -1.85. The largest absolute Gasteiger partial charge is 0.354 e. The first-order chi connectivity index (χ1) is 12.9. The van der Waals surface area contributed by atoms with Crippen molar-refractivity contribution in [1.29, 1.82) is 0 Å². The minimum absolute atomic E-state index is 0.986. The zero-order valence-electron chi connectivity index (χ0n) is 14.0. The Kier molecular flexibility index (Phi) is 2.61. The van der Waals surface area contributed by atoms with Gasteiger partial charge in [-0.3, -0.25) is 4.98 Å². The molecule has 0 spiro atoms. The molecule has 0 radical (unpaired) electrons. The number of fused-ring (bicyclic) bond motifs is 6. The van der Waals surface area contributed by atoms with Crippen molar-refractivity contribution in [2.75, 3.05) is 0 Å². The number of pyridine rings is 1. The predicted molar refractivity (Wildman–Crippen MR) is 108 cm³/mol. The molecule has 0 amide bonds. The van der Waals surface area contributed by atoms with Crippen LogP contribution >= 0.6 is 0 Å². The molecule has 26 heavy (non-hydrogen) atoms. The average molecular weight is 333 g/mol. The first-order valence-electron chi connectivity index (χ1n) is 8.75. The van der Waals surface area contributed by atoms with Crippen LogP contribution in [0.5, 0.6) is 0 Å². The van der Waals surface area contributed by atoms with Gasteiger partial charge in [0.05, 0.1) is 22.9 Å². The van der Waals surface area contributed by atoms with Gasteiger partial charge in [0.2, 0.25) is 0 Å². The van der Waals surface area contributed by atoms with Crippen LogP contribution in [0.1, 0.15) is 0 Å². The molecule has 6 aromatic rings. The van der Waals surface area contributed by atoms with Gasteiger partial charge in [0.25, 0.3) is 0 Å². The molecular weight excluding hydrogens is 318 g/mol. The molecule has 2 N–H and O–H groups in total. The predicted octanol–water partition coefficient (Wildman–Crippen LogP) is 6.02. The van der Waals surface area contributed by atoms with E-state index in [2.05, 4.69) is 82.8 Å². The Morgan fingerprint density at radius 2 is 1.27 bits per heavy atom. The Balaban J connectivity index is 1.68. The number of H-pyrrole nitrogens is 2. The maximum Gasteiger partial charge on any atom is 0.0730 e. The minimum atomic E-state index is 0.986. The number of aromatic amines is 2. The molecule has 122 valence electrons. The average Bonchev–Trinajstić information content (AvgIpc) is 3.25. The van der Waals surface area contributed by atoms with E-state index in [9.17, 15) is 0 Å². The summed E-state index contributed by atoms with van der Waals surface area (Å²) in [5, 5.41) is 4.92. The molecule has 0 saturated heterocycles. The highest BCUT2D eigenvalue weighted by Gasteiger charge is 2.12. The van der Waals surface area contributed by atoms with Crippen molar-refractivity contribution in [2.24, 2.45) is 0 Å². The summed E-state index contributed by atoms with van der Waals surface area (Å²) in [5.74, 6) is 0. The topological polar surface area (TPSA) is 44.5 Å². The van der Waals surface area contributed by atoms with Crippen LogP contribution in [0.15, 0.2) is 79.0 Å². The minimum Gasteiger partial charge on any atom is -0.354 e. The summed E-state index contributed by atoms with van der Waals surface area (Å²) < 4.78 is 0. The highest BCUT2D eigenvalue weighted by molar-refractivity contribution is 6.13. The van der Waals surface area contributed by atoms with E-state index < -0.39 is 0 Å². The molecule has 0 unspecified atom stereocenters. The van der Waals surface area contributed by atoms with Crippen LogP contribution in [-0.2, 0) is 0 Å². The van der Waals surface area contributed by atoms with Crippen molar-refractivity contribution in [1.82, 2.24) is 15.0 Å². The first kappa shape index (κ1) is 13.7. The second-order valence-electron chi connectivity index (χ2n) is 6.68. The molecular formula is C23H15N3. The summed E-state index contributed by atoms with van der Waals surface area (Å²) in [6.45, 7) is 0. The summed E-state index contributed by atoms with van der Waals surface area (Å²) >= 11 is 0. The molecule has 0 bridgehead atoms. The number of rotatable bonds is 1. The van der Waals surface area contributed by atoms with Crippen LogP contribution in [0, 0.1) is 0 Å². The molecule has 3 nitrogen and oxygen atoms in total. The third-order valence-corrected chi connectivity index (χ3v) is 5.21. The SMILES string of the molecule is c1ccc2c(c1)[nH]c1cnc(-c3cccc4c3[nH]c3ccccc34)cc12. The van der Waals surface area contributed by atoms with Gasteiger partial charge in [-0.05, 0) is 18.2 Å². The standard InChI is InChI=1S/C23H15N3/c1-4-11-20-14(6-1)16-8-5-9-17(23(16)26-20)21-12-18-15-7-2-3-10-19(15)25-22(18)13-24-21/h1-13,25-26H. The Morgan fingerprint density at radius 1 is 0.577 bits per heavy atom. The second-order valence-corrected chi connectivity index (χ2v) is 6.68. The van der Waals surface area contributed by atoms with Crippen molar-refractivity contribution in [3.63, 3.8) is 0 Å². The van der Waals surface area contributed by atoms with E-state index in [0.717, 1.165) is 33.3 Å². The van der Waals surface area contributed by atoms with Gasteiger partial charge in [-0.15, -0.1) is 0 Å². The van der Waals surface area contributed by atoms with E-state index in [1.807, 2.05) is 6.20 Å². The molecule has 6 rings (SSSR count). The zero-order valence-corrected chi connectivity index (χ0v) is 14.0. The van der Waals surface area contributed by atoms with Gasteiger partial charge in [-0.2, -0.15) is 0 Å². The summed E-state index contributed by atoms with van der Waals surface area (Å²) in [7, 11) is 0. The summed E-state index contributed by atoms with van der Waals surface area (Å²) in [6, 6.07) is 25.4. The number of nitrogens with zero attached hydrogens (tertiary/aromatic N) is 1. The zero-order chi connectivity index (χ0) is 17.1. The van der Waals surface area contributed by atoms with Crippen LogP contribution in [0.4, 0.5) is 0 Å². The van der Waals surface area contributed by atoms with Crippen molar-refractivity contribution in [2.45, 2.75) is 0 Å². The van der Waals surface area contributed by atoms with Crippen molar-refractivity contribution in [3.8, 4) is 11.3 Å². The molecule has 0 aliphatic rings. The fourth-order valence-corrected chi connectivity index (χ4v) is 3.98. The van der Waals surface area contributed by atoms with Crippen LogP contribution in [0.25, 0.3) is 54.9 Å². The number of para-hydroxylation sites is 3. The number of benzene rings is 3. The lowest BCUT2D eigenvalue weighted by atomic mass is 10.0. The lowest BCUT2D eigenvalue weighted by Gasteiger charge is -2.03. The quantitative estimate of drug-likeness (QED) is 0.380. The van der Waals surface area contributed by atoms with E-state index in [1.54, 1.807) is 0 Å². The Bertz CT molecular complexity index is 1440. The summed E-state index contributed by atoms with van der Waals surface area (Å²) in [5.41, 5.74) is 6.62. The highest BCUT2D eigenvalue weighted by Crippen LogP contribution is 2.34. The van der Waals surface area contributed by atoms with E-state index in [4.69, 9.17) is 4.98 Å². The third kappa shape index (κ3) is 1.80. The van der Waals surface area contributed by atoms with Gasteiger partial charge >= 0.3 is 0 Å². The lowest BCUT2D eigenvalue weighted by molar-refractivity contribution is 1.34. The van der Waals surface area contributed by atoms with Gasteiger partial charge < -0.3 is 9.97 Å². The number of hydrogen-bond acceptors (Lipinski definition) is 1. The molecule has 3 aromatic heterocycles. The van der Waals surface area contributed by atoms with Gasteiger partial charge in [0, 0.05) is 38.1 Å². The number of hydrogen-bond donors (Lipinski definition) is 2. The maximum absolute atomic E-state index is 4.74. The molecule has 3 aromatic carbocycles. The summed E-state index contributed by atoms with van der Waals surface area (Å²) in [6.07, 6.45) is 1.94. The Hall–Kier alpha value is -3.59. The van der Waals surface area contributed by atoms with Crippen molar-refractivity contribution >= 4 is 43.6 Å². The molecule has 0 aliphatic carbocycles. The van der Waals surface area contributed by atoms with Crippen molar-refractivity contribution in [3.05, 3.63) is 79.0 Å². The van der Waals surface area contributed by atoms with Crippen LogP contribution < -0.4 is 0 Å².